The van der Waals surface area contributed by atoms with Crippen LogP contribution in [-0.4, -0.2) is 5.10 Å². The molecule has 1 saturated carbocycles. The largest absolute Gasteiger partial charge is 0.594 e. The average molecular weight is 202 g/mol. The average Bonchev–Trinajstić information content (AvgIpc) is 2.72. The Morgan fingerprint density at radius 2 is 2.00 bits per heavy atom. The van der Waals surface area contributed by atoms with E-state index >= 15 is 0 Å². The van der Waals surface area contributed by atoms with E-state index in [-0.39, 0.29) is 0 Å². The van der Waals surface area contributed by atoms with Crippen molar-refractivity contribution in [1.82, 2.24) is 5.10 Å². The highest BCUT2D eigenvalue weighted by atomic mass is 16.5. The lowest BCUT2D eigenvalue weighted by atomic mass is 9.95. The van der Waals surface area contributed by atoms with Gasteiger partial charge in [0.2, 0.25) is 6.20 Å². The van der Waals surface area contributed by atoms with Crippen molar-refractivity contribution in [3.63, 3.8) is 0 Å². The second kappa shape index (κ2) is 2.81. The van der Waals surface area contributed by atoms with Crippen LogP contribution >= 0.6 is 0 Å². The van der Waals surface area contributed by atoms with Gasteiger partial charge in [-0.05, 0) is 32.3 Å². The minimum Gasteiger partial charge on any atom is -0.594 e. The third-order valence-electron chi connectivity index (χ3n) is 3.72. The van der Waals surface area contributed by atoms with Crippen molar-refractivity contribution in [2.24, 2.45) is 0 Å². The van der Waals surface area contributed by atoms with Crippen molar-refractivity contribution in [2.75, 3.05) is 0 Å². The van der Waals surface area contributed by atoms with E-state index in [0.29, 0.717) is 16.7 Å². The van der Waals surface area contributed by atoms with Crippen molar-refractivity contribution < 1.29 is 4.85 Å². The molecule has 0 spiro atoms. The summed E-state index contributed by atoms with van der Waals surface area (Å²) in [5, 5.41) is 15.0. The summed E-state index contributed by atoms with van der Waals surface area (Å²) < 4.78 is 0. The van der Waals surface area contributed by atoms with Crippen LogP contribution in [0.3, 0.4) is 0 Å². The van der Waals surface area contributed by atoms with Gasteiger partial charge in [-0.1, -0.05) is 16.0 Å². The summed E-state index contributed by atoms with van der Waals surface area (Å²) in [6.07, 6.45) is 5.84. The molecule has 2 aliphatic rings. The normalized spacial score (nSPS) is 26.9. The first-order chi connectivity index (χ1) is 7.18. The standard InChI is InChI=1S/C12H14N2O/c1-7(2)12-8-3-4-9(12)11-6-14(15)13-5-10(8)11/h5-6,8-9H,3-4H2,1-2H3/t8-,9+/m0/s1. The van der Waals surface area contributed by atoms with Gasteiger partial charge in [0.25, 0.3) is 0 Å². The number of nitrogens with zero attached hydrogens (tertiary/aromatic N) is 2. The summed E-state index contributed by atoms with van der Waals surface area (Å²) in [7, 11) is 0. The molecule has 15 heavy (non-hydrogen) atoms. The maximum atomic E-state index is 11.2. The Kier molecular flexibility index (Phi) is 1.67. The number of aromatic nitrogens is 2. The van der Waals surface area contributed by atoms with Gasteiger partial charge < -0.3 is 5.21 Å². The Morgan fingerprint density at radius 3 is 2.67 bits per heavy atom. The van der Waals surface area contributed by atoms with Crippen LogP contribution < -0.4 is 4.85 Å². The molecule has 0 amide bonds. The van der Waals surface area contributed by atoms with Gasteiger partial charge in [-0.15, -0.1) is 0 Å². The van der Waals surface area contributed by atoms with Crippen molar-refractivity contribution in [2.45, 2.75) is 38.5 Å². The Morgan fingerprint density at radius 1 is 1.33 bits per heavy atom. The lowest BCUT2D eigenvalue weighted by molar-refractivity contribution is -0.669. The molecule has 2 bridgehead atoms. The molecule has 0 radical (unpaired) electrons. The fourth-order valence-electron chi connectivity index (χ4n) is 3.23. The highest BCUT2D eigenvalue weighted by molar-refractivity contribution is 5.51. The van der Waals surface area contributed by atoms with Gasteiger partial charge in [-0.25, -0.2) is 0 Å². The summed E-state index contributed by atoms with van der Waals surface area (Å²) >= 11 is 0. The van der Waals surface area contributed by atoms with Crippen LogP contribution in [-0.2, 0) is 0 Å². The molecule has 2 atom stereocenters. The maximum absolute atomic E-state index is 11.2. The molecule has 1 aromatic rings. The molecule has 0 N–H and O–H groups in total. The zero-order valence-corrected chi connectivity index (χ0v) is 9.03. The summed E-state index contributed by atoms with van der Waals surface area (Å²) in [4.78, 5) is 0.683. The predicted octanol–water partition coefficient (Wildman–Crippen LogP) is 2.03. The van der Waals surface area contributed by atoms with Crippen LogP contribution in [0.2, 0.25) is 0 Å². The molecule has 2 aliphatic carbocycles. The second-order valence-corrected chi connectivity index (χ2v) is 4.72. The highest BCUT2D eigenvalue weighted by Crippen LogP contribution is 2.57. The van der Waals surface area contributed by atoms with Gasteiger partial charge in [-0.2, -0.15) is 0 Å². The van der Waals surface area contributed by atoms with E-state index < -0.39 is 0 Å². The van der Waals surface area contributed by atoms with E-state index in [2.05, 4.69) is 18.9 Å². The molecule has 78 valence electrons. The molecule has 3 rings (SSSR count). The molecule has 0 aromatic carbocycles. The first kappa shape index (κ1) is 8.89. The maximum Gasteiger partial charge on any atom is 0.213 e. The van der Waals surface area contributed by atoms with Crippen molar-refractivity contribution in [3.8, 4) is 0 Å². The number of rotatable bonds is 0. The molecule has 1 aromatic heterocycles. The van der Waals surface area contributed by atoms with Crippen molar-refractivity contribution >= 4 is 0 Å². The molecule has 3 heteroatoms. The fraction of sp³-hybridized carbons (Fsp3) is 0.500. The molecule has 0 unspecified atom stereocenters. The van der Waals surface area contributed by atoms with E-state index in [1.54, 1.807) is 12.4 Å². The first-order valence-electron chi connectivity index (χ1n) is 5.45. The zero-order valence-electron chi connectivity index (χ0n) is 9.03. The van der Waals surface area contributed by atoms with E-state index in [9.17, 15) is 5.21 Å². The van der Waals surface area contributed by atoms with Gasteiger partial charge in [0, 0.05) is 22.5 Å². The SMILES string of the molecule is CC(C)=C1[C@H]2CC[C@@H]1c1c[n+]([O-])ncc12. The molecular weight excluding hydrogens is 188 g/mol. The van der Waals surface area contributed by atoms with Crippen LogP contribution in [0.5, 0.6) is 0 Å². The highest BCUT2D eigenvalue weighted by Gasteiger charge is 2.43. The zero-order chi connectivity index (χ0) is 10.6. The summed E-state index contributed by atoms with van der Waals surface area (Å²) in [6.45, 7) is 4.34. The van der Waals surface area contributed by atoms with Crippen LogP contribution in [0.4, 0.5) is 0 Å². The Bertz CT molecular complexity index is 461. The lowest BCUT2D eigenvalue weighted by Crippen LogP contribution is -2.31. The number of allylic oxidation sites excluding steroid dienone is 2. The Balaban J connectivity index is 2.22. The quantitative estimate of drug-likeness (QED) is 0.367. The van der Waals surface area contributed by atoms with Gasteiger partial charge in [-0.3, -0.25) is 0 Å². The van der Waals surface area contributed by atoms with Crippen LogP contribution in [0, 0.1) is 5.21 Å². The van der Waals surface area contributed by atoms with Crippen LogP contribution in [0.1, 0.15) is 49.7 Å². The van der Waals surface area contributed by atoms with Gasteiger partial charge >= 0.3 is 0 Å². The molecular formula is C12H14N2O. The summed E-state index contributed by atoms with van der Waals surface area (Å²) in [6, 6.07) is 0. The van der Waals surface area contributed by atoms with Crippen molar-refractivity contribution in [1.29, 1.82) is 0 Å². The minimum absolute atomic E-state index is 0.498. The Hall–Kier alpha value is -1.38. The van der Waals surface area contributed by atoms with E-state index in [1.807, 2.05) is 0 Å². The molecule has 1 fully saturated rings. The van der Waals surface area contributed by atoms with Crippen LogP contribution in [0.25, 0.3) is 0 Å². The molecule has 1 heterocycles. The third kappa shape index (κ3) is 1.06. The smallest absolute Gasteiger partial charge is 0.213 e. The Labute approximate surface area is 89.0 Å². The van der Waals surface area contributed by atoms with Gasteiger partial charge in [0.1, 0.15) is 6.20 Å². The third-order valence-corrected chi connectivity index (χ3v) is 3.72. The number of fused-ring (bicyclic) bond motifs is 5. The second-order valence-electron chi connectivity index (χ2n) is 4.72. The van der Waals surface area contributed by atoms with Gasteiger partial charge in [0.15, 0.2) is 0 Å². The van der Waals surface area contributed by atoms with Gasteiger partial charge in [0.05, 0.1) is 0 Å². The first-order valence-corrected chi connectivity index (χ1v) is 5.45. The monoisotopic (exact) mass is 202 g/mol. The van der Waals surface area contributed by atoms with E-state index in [0.717, 1.165) is 0 Å². The fourth-order valence-corrected chi connectivity index (χ4v) is 3.23. The molecule has 0 aliphatic heterocycles. The van der Waals surface area contributed by atoms with Crippen LogP contribution in [0.15, 0.2) is 23.5 Å². The van der Waals surface area contributed by atoms with Crippen molar-refractivity contribution in [3.05, 3.63) is 39.9 Å². The topological polar surface area (TPSA) is 39.8 Å². The minimum atomic E-state index is 0.498. The van der Waals surface area contributed by atoms with E-state index in [4.69, 9.17) is 0 Å². The lowest BCUT2D eigenvalue weighted by Gasteiger charge is -2.10. The molecule has 3 nitrogen and oxygen atoms in total. The number of hydrogen-bond acceptors (Lipinski definition) is 2. The molecule has 0 saturated heterocycles. The summed E-state index contributed by atoms with van der Waals surface area (Å²) in [5.74, 6) is 1.04. The summed E-state index contributed by atoms with van der Waals surface area (Å²) in [5.41, 5.74) is 5.45. The predicted molar refractivity (Wildman–Crippen MR) is 56.3 cm³/mol. The number of hydrogen-bond donors (Lipinski definition) is 0. The van der Waals surface area contributed by atoms with E-state index in [1.165, 1.54) is 35.1 Å².